The molecule has 0 heterocycles. The Balaban J connectivity index is 2.03. The number of nitrogens with two attached hydrogens (primary N) is 1. The van der Waals surface area contributed by atoms with E-state index in [1.807, 2.05) is 0 Å². The summed E-state index contributed by atoms with van der Waals surface area (Å²) >= 11 is 0. The molecule has 0 saturated heterocycles. The highest BCUT2D eigenvalue weighted by molar-refractivity contribution is 5.65. The van der Waals surface area contributed by atoms with E-state index < -0.39 is 4.92 Å². The van der Waals surface area contributed by atoms with Gasteiger partial charge >= 0.3 is 0 Å². The number of nitrogen functional groups attached to an aromatic ring is 1. The van der Waals surface area contributed by atoms with E-state index in [4.69, 9.17) is 15.3 Å². The van der Waals surface area contributed by atoms with Crippen LogP contribution in [0.5, 0.6) is 0 Å². The maximum absolute atomic E-state index is 11.0. The Bertz CT molecular complexity index is 495. The molecule has 1 aromatic rings. The highest BCUT2D eigenvalue weighted by atomic mass is 16.6. The monoisotopic (exact) mass is 295 g/mol. The first kappa shape index (κ1) is 15.7. The average Bonchev–Trinajstić information content (AvgIpc) is 2.52. The highest BCUT2D eigenvalue weighted by Crippen LogP contribution is 2.29. The van der Waals surface area contributed by atoms with Gasteiger partial charge in [-0.3, -0.25) is 16.0 Å². The molecule has 1 fully saturated rings. The van der Waals surface area contributed by atoms with Gasteiger partial charge in [-0.2, -0.15) is 0 Å². The van der Waals surface area contributed by atoms with Crippen molar-refractivity contribution >= 4 is 11.4 Å². The smallest absolute Gasteiger partial charge is 0.294 e. The first-order chi connectivity index (χ1) is 10.2. The SMILES string of the molecule is COC1CCCC(OCc2cccc([N+](=O)[O-])c2NN)C1. The largest absolute Gasteiger partial charge is 0.381 e. The highest BCUT2D eigenvalue weighted by Gasteiger charge is 2.23. The van der Waals surface area contributed by atoms with E-state index in [1.165, 1.54) is 6.07 Å². The summed E-state index contributed by atoms with van der Waals surface area (Å²) in [5, 5.41) is 11.0. The van der Waals surface area contributed by atoms with Crippen LogP contribution in [0.2, 0.25) is 0 Å². The van der Waals surface area contributed by atoms with Gasteiger partial charge in [-0.25, -0.2) is 0 Å². The maximum atomic E-state index is 11.0. The molecule has 2 unspecified atom stereocenters. The van der Waals surface area contributed by atoms with Crippen LogP contribution in [0.25, 0.3) is 0 Å². The number of nitro groups is 1. The second-order valence-electron chi connectivity index (χ2n) is 5.17. The van der Waals surface area contributed by atoms with Crippen molar-refractivity contribution in [3.8, 4) is 0 Å². The van der Waals surface area contributed by atoms with E-state index in [0.29, 0.717) is 17.9 Å². The van der Waals surface area contributed by atoms with Crippen LogP contribution in [0.1, 0.15) is 31.2 Å². The van der Waals surface area contributed by atoms with Crippen molar-refractivity contribution in [2.75, 3.05) is 12.5 Å². The molecule has 2 atom stereocenters. The van der Waals surface area contributed by atoms with Crippen molar-refractivity contribution < 1.29 is 14.4 Å². The van der Waals surface area contributed by atoms with Gasteiger partial charge in [0.15, 0.2) is 0 Å². The number of ether oxygens (including phenoxy) is 2. The second kappa shape index (κ2) is 7.35. The lowest BCUT2D eigenvalue weighted by molar-refractivity contribution is -0.384. The number of para-hydroxylation sites is 1. The van der Waals surface area contributed by atoms with Crippen LogP contribution >= 0.6 is 0 Å². The minimum atomic E-state index is -0.458. The number of nitrogens with zero attached hydrogens (tertiary/aromatic N) is 1. The third kappa shape index (κ3) is 3.90. The number of nitrogens with one attached hydrogen (secondary N) is 1. The molecule has 21 heavy (non-hydrogen) atoms. The summed E-state index contributed by atoms with van der Waals surface area (Å²) in [6, 6.07) is 4.83. The summed E-state index contributed by atoms with van der Waals surface area (Å²) in [5.74, 6) is 5.41. The summed E-state index contributed by atoms with van der Waals surface area (Å²) in [4.78, 5) is 10.5. The number of nitro benzene ring substituents is 1. The quantitative estimate of drug-likeness (QED) is 0.475. The molecule has 1 aromatic carbocycles. The zero-order chi connectivity index (χ0) is 15.2. The Hall–Kier alpha value is -1.70. The first-order valence-corrected chi connectivity index (χ1v) is 7.03. The molecule has 1 aliphatic carbocycles. The van der Waals surface area contributed by atoms with Gasteiger partial charge in [0.25, 0.3) is 5.69 Å². The molecule has 0 aromatic heterocycles. The molecule has 0 amide bonds. The lowest BCUT2D eigenvalue weighted by Crippen LogP contribution is -2.27. The van der Waals surface area contributed by atoms with E-state index in [9.17, 15) is 10.1 Å². The molecule has 0 bridgehead atoms. The van der Waals surface area contributed by atoms with E-state index >= 15 is 0 Å². The molecule has 1 aliphatic rings. The summed E-state index contributed by atoms with van der Waals surface area (Å²) in [6.07, 6.45) is 4.33. The van der Waals surface area contributed by atoms with Crippen LogP contribution in [-0.2, 0) is 16.1 Å². The fraction of sp³-hybridized carbons (Fsp3) is 0.571. The lowest BCUT2D eigenvalue weighted by Gasteiger charge is -2.28. The second-order valence-corrected chi connectivity index (χ2v) is 5.17. The summed E-state index contributed by atoms with van der Waals surface area (Å²) in [5.41, 5.74) is 3.36. The first-order valence-electron chi connectivity index (χ1n) is 7.03. The molecule has 116 valence electrons. The summed E-state index contributed by atoms with van der Waals surface area (Å²) in [7, 11) is 1.71. The molecule has 2 rings (SSSR count). The van der Waals surface area contributed by atoms with Crippen LogP contribution in [0.15, 0.2) is 18.2 Å². The van der Waals surface area contributed by atoms with E-state index in [-0.39, 0.29) is 17.9 Å². The molecule has 7 nitrogen and oxygen atoms in total. The van der Waals surface area contributed by atoms with Crippen molar-refractivity contribution in [1.29, 1.82) is 0 Å². The minimum absolute atomic E-state index is 0.0444. The fourth-order valence-corrected chi connectivity index (χ4v) is 2.70. The molecule has 0 radical (unpaired) electrons. The standard InChI is InChI=1S/C14H21N3O4/c1-20-11-5-3-6-12(8-11)21-9-10-4-2-7-13(17(18)19)14(10)16-15/h2,4,7,11-12,16H,3,5-6,8-9,15H2,1H3. The van der Waals surface area contributed by atoms with Gasteiger partial charge in [0.2, 0.25) is 0 Å². The fourth-order valence-electron chi connectivity index (χ4n) is 2.70. The average molecular weight is 295 g/mol. The minimum Gasteiger partial charge on any atom is -0.381 e. The van der Waals surface area contributed by atoms with Gasteiger partial charge in [-0.15, -0.1) is 0 Å². The van der Waals surface area contributed by atoms with Crippen molar-refractivity contribution in [3.05, 3.63) is 33.9 Å². The summed E-state index contributed by atoms with van der Waals surface area (Å²) < 4.78 is 11.2. The molecular weight excluding hydrogens is 274 g/mol. The number of anilines is 1. The lowest BCUT2D eigenvalue weighted by atomic mass is 9.95. The van der Waals surface area contributed by atoms with Gasteiger partial charge in [-0.1, -0.05) is 12.1 Å². The Morgan fingerprint density at radius 3 is 2.86 bits per heavy atom. The van der Waals surface area contributed by atoms with Crippen molar-refractivity contribution in [2.45, 2.75) is 44.5 Å². The Labute approximate surface area is 123 Å². The van der Waals surface area contributed by atoms with Gasteiger partial charge in [-0.05, 0) is 25.7 Å². The number of hydrogen-bond donors (Lipinski definition) is 2. The van der Waals surface area contributed by atoms with Gasteiger partial charge in [0.05, 0.1) is 23.7 Å². The predicted molar refractivity (Wildman–Crippen MR) is 78.7 cm³/mol. The maximum Gasteiger partial charge on any atom is 0.294 e. The third-order valence-electron chi connectivity index (χ3n) is 3.86. The number of methoxy groups -OCH3 is 1. The van der Waals surface area contributed by atoms with Crippen molar-refractivity contribution in [3.63, 3.8) is 0 Å². The zero-order valence-corrected chi connectivity index (χ0v) is 12.1. The van der Waals surface area contributed by atoms with E-state index in [1.54, 1.807) is 19.2 Å². The van der Waals surface area contributed by atoms with E-state index in [0.717, 1.165) is 25.7 Å². The molecule has 3 N–H and O–H groups in total. The molecule has 1 saturated carbocycles. The Kier molecular flexibility index (Phi) is 5.49. The van der Waals surface area contributed by atoms with Crippen molar-refractivity contribution in [1.82, 2.24) is 0 Å². The molecular formula is C14H21N3O4. The van der Waals surface area contributed by atoms with Crippen LogP contribution in [-0.4, -0.2) is 24.2 Å². The van der Waals surface area contributed by atoms with Crippen LogP contribution in [0, 0.1) is 10.1 Å². The predicted octanol–water partition coefficient (Wildman–Crippen LogP) is 2.35. The number of benzene rings is 1. The molecule has 0 aliphatic heterocycles. The summed E-state index contributed by atoms with van der Waals surface area (Å²) in [6.45, 7) is 0.294. The number of rotatable bonds is 6. The third-order valence-corrected chi connectivity index (χ3v) is 3.86. The van der Waals surface area contributed by atoms with Gasteiger partial charge in [0.1, 0.15) is 5.69 Å². The number of hydrogen-bond acceptors (Lipinski definition) is 6. The Morgan fingerprint density at radius 1 is 1.43 bits per heavy atom. The van der Waals surface area contributed by atoms with Gasteiger partial charge in [0, 0.05) is 18.7 Å². The van der Waals surface area contributed by atoms with E-state index in [2.05, 4.69) is 5.43 Å². The topological polar surface area (TPSA) is 99.6 Å². The van der Waals surface area contributed by atoms with Crippen LogP contribution in [0.3, 0.4) is 0 Å². The van der Waals surface area contributed by atoms with Crippen molar-refractivity contribution in [2.24, 2.45) is 5.84 Å². The van der Waals surface area contributed by atoms with Gasteiger partial charge < -0.3 is 14.9 Å². The molecule has 0 spiro atoms. The molecule has 7 heteroatoms. The zero-order valence-electron chi connectivity index (χ0n) is 12.1. The Morgan fingerprint density at radius 2 is 2.19 bits per heavy atom. The van der Waals surface area contributed by atoms with Crippen LogP contribution in [0.4, 0.5) is 11.4 Å². The normalized spacial score (nSPS) is 22.0. The number of hydrazine groups is 1. The van der Waals surface area contributed by atoms with Crippen LogP contribution < -0.4 is 11.3 Å².